The lowest BCUT2D eigenvalue weighted by molar-refractivity contribution is -0.0614. The van der Waals surface area contributed by atoms with Gasteiger partial charge in [0, 0.05) is 12.2 Å². The topological polar surface area (TPSA) is 18.5 Å². The standard InChI is InChI=1S/C36H48F2O2/c1-3-5-6-7-25-8-22-33(40-24-25)31-19-15-29(16-20-31)27-11-9-26(10-12-27)28-13-17-30(18-14-28)32-21-23-34(39-4-2)36(38)35(32)37/h3,5,13-14,17-18,21,23,25-27,29,31,33H,4,6-12,15-16,19-20,22,24H2,1-2H3. The van der Waals surface area contributed by atoms with E-state index in [0.29, 0.717) is 24.2 Å². The molecule has 2 saturated carbocycles. The summed E-state index contributed by atoms with van der Waals surface area (Å²) in [7, 11) is 0. The maximum absolute atomic E-state index is 14.7. The summed E-state index contributed by atoms with van der Waals surface area (Å²) in [4.78, 5) is 0. The summed E-state index contributed by atoms with van der Waals surface area (Å²) in [6, 6.07) is 11.3. The van der Waals surface area contributed by atoms with Gasteiger partial charge in [0.15, 0.2) is 11.6 Å². The quantitative estimate of drug-likeness (QED) is 0.289. The van der Waals surface area contributed by atoms with Crippen LogP contribution in [0.2, 0.25) is 0 Å². The van der Waals surface area contributed by atoms with Gasteiger partial charge in [0.1, 0.15) is 0 Å². The molecule has 0 bridgehead atoms. The van der Waals surface area contributed by atoms with Crippen LogP contribution in [0.5, 0.6) is 5.75 Å². The first-order valence-electron chi connectivity index (χ1n) is 16.0. The van der Waals surface area contributed by atoms with Crippen LogP contribution < -0.4 is 4.74 Å². The first-order chi connectivity index (χ1) is 19.6. The average Bonchev–Trinajstić information content (AvgIpc) is 3.01. The Morgan fingerprint density at radius 3 is 2.10 bits per heavy atom. The van der Waals surface area contributed by atoms with E-state index in [4.69, 9.17) is 9.47 Å². The minimum atomic E-state index is -0.911. The number of rotatable bonds is 9. The Bertz CT molecular complexity index is 1090. The fraction of sp³-hybridized carbons (Fsp3) is 0.611. The van der Waals surface area contributed by atoms with Gasteiger partial charge in [0.25, 0.3) is 0 Å². The van der Waals surface area contributed by atoms with E-state index in [-0.39, 0.29) is 11.3 Å². The lowest BCUT2D eigenvalue weighted by atomic mass is 9.67. The molecule has 2 nitrogen and oxygen atoms in total. The van der Waals surface area contributed by atoms with Crippen molar-refractivity contribution < 1.29 is 18.3 Å². The van der Waals surface area contributed by atoms with E-state index >= 15 is 0 Å². The molecule has 0 radical (unpaired) electrons. The molecule has 1 saturated heterocycles. The van der Waals surface area contributed by atoms with Crippen LogP contribution >= 0.6 is 0 Å². The summed E-state index contributed by atoms with van der Waals surface area (Å²) in [5.41, 5.74) is 2.32. The molecule has 0 aromatic heterocycles. The molecule has 3 fully saturated rings. The fourth-order valence-corrected chi connectivity index (χ4v) is 7.79. The minimum absolute atomic E-state index is 0.0303. The molecule has 2 unspecified atom stereocenters. The second-order valence-electron chi connectivity index (χ2n) is 12.5. The fourth-order valence-electron chi connectivity index (χ4n) is 7.79. The van der Waals surface area contributed by atoms with Crippen LogP contribution in [0.1, 0.15) is 102 Å². The van der Waals surface area contributed by atoms with E-state index < -0.39 is 11.6 Å². The Morgan fingerprint density at radius 2 is 1.48 bits per heavy atom. The molecule has 1 heterocycles. The van der Waals surface area contributed by atoms with Crippen molar-refractivity contribution >= 4 is 0 Å². The maximum atomic E-state index is 14.7. The van der Waals surface area contributed by atoms with Crippen molar-refractivity contribution in [1.82, 2.24) is 0 Å². The van der Waals surface area contributed by atoms with E-state index in [1.54, 1.807) is 13.0 Å². The van der Waals surface area contributed by atoms with Crippen LogP contribution in [0.3, 0.4) is 0 Å². The molecule has 2 aromatic carbocycles. The summed E-state index contributed by atoms with van der Waals surface area (Å²) in [5, 5.41) is 0. The van der Waals surface area contributed by atoms with Gasteiger partial charge in [-0.2, -0.15) is 4.39 Å². The summed E-state index contributed by atoms with van der Waals surface area (Å²) in [5.74, 6) is 2.06. The highest BCUT2D eigenvalue weighted by Gasteiger charge is 2.35. The monoisotopic (exact) mass is 550 g/mol. The molecule has 0 amide bonds. The van der Waals surface area contributed by atoms with Crippen LogP contribution in [0.15, 0.2) is 48.6 Å². The van der Waals surface area contributed by atoms with Crippen molar-refractivity contribution in [2.24, 2.45) is 23.7 Å². The first kappa shape index (κ1) is 29.3. The van der Waals surface area contributed by atoms with E-state index in [2.05, 4.69) is 31.2 Å². The third-order valence-electron chi connectivity index (χ3n) is 10.2. The van der Waals surface area contributed by atoms with E-state index in [1.807, 2.05) is 12.1 Å². The van der Waals surface area contributed by atoms with Gasteiger partial charge in [-0.15, -0.1) is 0 Å². The zero-order valence-electron chi connectivity index (χ0n) is 24.6. The zero-order valence-corrected chi connectivity index (χ0v) is 24.6. The smallest absolute Gasteiger partial charge is 0.201 e. The van der Waals surface area contributed by atoms with Crippen LogP contribution in [-0.4, -0.2) is 19.3 Å². The van der Waals surface area contributed by atoms with E-state index in [9.17, 15) is 8.78 Å². The second kappa shape index (κ2) is 14.1. The van der Waals surface area contributed by atoms with Crippen LogP contribution in [0, 0.1) is 35.3 Å². The molecule has 2 atom stereocenters. The highest BCUT2D eigenvalue weighted by Crippen LogP contribution is 2.45. The van der Waals surface area contributed by atoms with Crippen molar-refractivity contribution in [3.8, 4) is 16.9 Å². The van der Waals surface area contributed by atoms with Crippen molar-refractivity contribution in [3.63, 3.8) is 0 Å². The summed E-state index contributed by atoms with van der Waals surface area (Å²) in [6.45, 7) is 5.15. The SMILES string of the molecule is CC=CCCC1CCC(C2CCC(C3CCC(c4ccc(-c5ccc(OCC)c(F)c5F)cc4)CC3)CC2)OC1. The van der Waals surface area contributed by atoms with Crippen molar-refractivity contribution in [2.45, 2.75) is 103 Å². The maximum Gasteiger partial charge on any atom is 0.201 e. The van der Waals surface area contributed by atoms with Crippen molar-refractivity contribution in [1.29, 1.82) is 0 Å². The van der Waals surface area contributed by atoms with Gasteiger partial charge in [-0.3, -0.25) is 0 Å². The Morgan fingerprint density at radius 1 is 0.800 bits per heavy atom. The van der Waals surface area contributed by atoms with Crippen molar-refractivity contribution in [2.75, 3.05) is 13.2 Å². The minimum Gasteiger partial charge on any atom is -0.491 e. The number of allylic oxidation sites excluding steroid dienone is 2. The largest absolute Gasteiger partial charge is 0.491 e. The molecule has 3 aliphatic rings. The zero-order chi connectivity index (χ0) is 27.9. The normalized spacial score (nSPS) is 29.5. The molecular formula is C36H48F2O2. The Labute approximate surface area is 240 Å². The lowest BCUT2D eigenvalue weighted by Gasteiger charge is -2.41. The molecule has 5 rings (SSSR count). The first-order valence-corrected chi connectivity index (χ1v) is 16.0. The number of benzene rings is 2. The Kier molecular flexibility index (Phi) is 10.3. The molecule has 1 aliphatic heterocycles. The van der Waals surface area contributed by atoms with Gasteiger partial charge in [0.2, 0.25) is 5.82 Å². The summed E-state index contributed by atoms with van der Waals surface area (Å²) in [6.07, 6.45) is 20.6. The Hall–Kier alpha value is -2.20. The molecular weight excluding hydrogens is 502 g/mol. The number of ether oxygens (including phenoxy) is 2. The van der Waals surface area contributed by atoms with E-state index in [0.717, 1.165) is 30.3 Å². The highest BCUT2D eigenvalue weighted by atomic mass is 19.2. The average molecular weight is 551 g/mol. The Balaban J connectivity index is 1.07. The van der Waals surface area contributed by atoms with Crippen LogP contribution in [0.25, 0.3) is 11.1 Å². The number of halogens is 2. The number of hydrogen-bond acceptors (Lipinski definition) is 2. The van der Waals surface area contributed by atoms with Gasteiger partial charge in [-0.25, -0.2) is 4.39 Å². The second-order valence-corrected chi connectivity index (χ2v) is 12.5. The highest BCUT2D eigenvalue weighted by molar-refractivity contribution is 5.65. The van der Waals surface area contributed by atoms with Crippen LogP contribution in [-0.2, 0) is 4.74 Å². The molecule has 0 N–H and O–H groups in total. The van der Waals surface area contributed by atoms with Crippen LogP contribution in [0.4, 0.5) is 8.78 Å². The van der Waals surface area contributed by atoms with Gasteiger partial charge < -0.3 is 9.47 Å². The molecule has 218 valence electrons. The summed E-state index contributed by atoms with van der Waals surface area (Å²) < 4.78 is 40.6. The third-order valence-corrected chi connectivity index (χ3v) is 10.2. The molecule has 40 heavy (non-hydrogen) atoms. The predicted octanol–water partition coefficient (Wildman–Crippen LogP) is 10.3. The van der Waals surface area contributed by atoms with Gasteiger partial charge >= 0.3 is 0 Å². The van der Waals surface area contributed by atoms with Gasteiger partial charge in [-0.1, -0.05) is 36.4 Å². The molecule has 4 heteroatoms. The molecule has 0 spiro atoms. The van der Waals surface area contributed by atoms with Crippen molar-refractivity contribution in [3.05, 3.63) is 65.7 Å². The van der Waals surface area contributed by atoms with E-state index in [1.165, 1.54) is 88.7 Å². The lowest BCUT2D eigenvalue weighted by Crippen LogP contribution is -2.35. The number of hydrogen-bond donors (Lipinski definition) is 0. The summed E-state index contributed by atoms with van der Waals surface area (Å²) >= 11 is 0. The third kappa shape index (κ3) is 6.98. The molecule has 2 aliphatic carbocycles. The van der Waals surface area contributed by atoms with Gasteiger partial charge in [0.05, 0.1) is 12.7 Å². The molecule has 2 aromatic rings. The predicted molar refractivity (Wildman–Crippen MR) is 160 cm³/mol. The van der Waals surface area contributed by atoms with Gasteiger partial charge in [-0.05, 0) is 144 Å².